The Balaban J connectivity index is 1.57. The highest BCUT2D eigenvalue weighted by Gasteiger charge is 2.32. The first-order chi connectivity index (χ1) is 10.3. The molecular weight excluding hydrogens is 278 g/mol. The smallest absolute Gasteiger partial charge is 0.0954 e. The summed E-state index contributed by atoms with van der Waals surface area (Å²) < 4.78 is 1.25. The van der Waals surface area contributed by atoms with Crippen LogP contribution in [0.5, 0.6) is 0 Å². The van der Waals surface area contributed by atoms with Gasteiger partial charge >= 0.3 is 0 Å². The van der Waals surface area contributed by atoms with Gasteiger partial charge in [0.15, 0.2) is 0 Å². The van der Waals surface area contributed by atoms with Crippen molar-refractivity contribution in [3.05, 3.63) is 64.7 Å². The van der Waals surface area contributed by atoms with Crippen LogP contribution in [0.2, 0.25) is 0 Å². The average molecular weight is 295 g/mol. The van der Waals surface area contributed by atoms with E-state index in [9.17, 15) is 0 Å². The number of hydrogen-bond donors (Lipinski definition) is 2. The lowest BCUT2D eigenvalue weighted by Crippen LogP contribution is -2.45. The van der Waals surface area contributed by atoms with Gasteiger partial charge in [0.2, 0.25) is 0 Å². The number of benzene rings is 2. The van der Waals surface area contributed by atoms with E-state index in [1.807, 2.05) is 6.07 Å². The van der Waals surface area contributed by atoms with E-state index in [4.69, 9.17) is 10.8 Å². The summed E-state index contributed by atoms with van der Waals surface area (Å²) in [6, 6.07) is 17.2. The van der Waals surface area contributed by atoms with Crippen LogP contribution in [0.15, 0.2) is 48.5 Å². The normalized spacial score (nSPS) is 18.2. The van der Waals surface area contributed by atoms with Crippen molar-refractivity contribution in [3.8, 4) is 0 Å². The Morgan fingerprint density at radius 2 is 2.00 bits per heavy atom. The average Bonchev–Trinajstić information content (AvgIpc) is 2.89. The highest BCUT2D eigenvalue weighted by molar-refractivity contribution is 7.18. The van der Waals surface area contributed by atoms with Crippen molar-refractivity contribution in [2.45, 2.75) is 24.8 Å². The van der Waals surface area contributed by atoms with Crippen LogP contribution < -0.4 is 11.3 Å². The fraction of sp³-hybridized carbons (Fsp3) is 0.235. The molecule has 3 aromatic rings. The van der Waals surface area contributed by atoms with E-state index in [0.717, 1.165) is 23.4 Å². The molecule has 0 fully saturated rings. The molecule has 0 spiro atoms. The number of nitrogens with two attached hydrogens (primary N) is 1. The van der Waals surface area contributed by atoms with Gasteiger partial charge in [-0.25, -0.2) is 4.98 Å². The standard InChI is InChI=1S/C17H17N3S/c18-20-15(13-9-11-5-1-2-6-12(11)13)10-17-19-14-7-3-4-8-16(14)21-17/h1-8,13,15,20H,9-10,18H2. The summed E-state index contributed by atoms with van der Waals surface area (Å²) in [4.78, 5) is 4.72. The molecule has 0 radical (unpaired) electrons. The zero-order chi connectivity index (χ0) is 14.2. The number of thiazole rings is 1. The Hall–Kier alpha value is -1.75. The zero-order valence-electron chi connectivity index (χ0n) is 11.6. The van der Waals surface area contributed by atoms with Crippen molar-refractivity contribution in [3.63, 3.8) is 0 Å². The maximum Gasteiger partial charge on any atom is 0.0954 e. The highest BCUT2D eigenvalue weighted by atomic mass is 32.1. The molecule has 4 rings (SSSR count). The van der Waals surface area contributed by atoms with E-state index in [0.29, 0.717) is 5.92 Å². The first-order valence-corrected chi connectivity index (χ1v) is 8.05. The molecule has 3 N–H and O–H groups in total. The molecule has 4 heteroatoms. The number of aromatic nitrogens is 1. The van der Waals surface area contributed by atoms with E-state index in [1.165, 1.54) is 15.8 Å². The topological polar surface area (TPSA) is 50.9 Å². The molecule has 2 unspecified atom stereocenters. The van der Waals surface area contributed by atoms with Gasteiger partial charge in [0.25, 0.3) is 0 Å². The third-order valence-electron chi connectivity index (χ3n) is 4.33. The first kappa shape index (κ1) is 13.0. The Labute approximate surface area is 127 Å². The molecule has 1 aliphatic carbocycles. The monoisotopic (exact) mass is 295 g/mol. The second kappa shape index (κ2) is 5.22. The first-order valence-electron chi connectivity index (χ1n) is 7.23. The minimum atomic E-state index is 0.250. The Morgan fingerprint density at radius 1 is 1.19 bits per heavy atom. The van der Waals surface area contributed by atoms with Gasteiger partial charge in [-0.2, -0.15) is 0 Å². The van der Waals surface area contributed by atoms with Crippen LogP contribution in [0.4, 0.5) is 0 Å². The minimum Gasteiger partial charge on any atom is -0.271 e. The molecule has 1 aliphatic rings. The predicted octanol–water partition coefficient (Wildman–Crippen LogP) is 3.01. The van der Waals surface area contributed by atoms with Gasteiger partial charge in [-0.1, -0.05) is 36.4 Å². The maximum absolute atomic E-state index is 5.81. The minimum absolute atomic E-state index is 0.250. The van der Waals surface area contributed by atoms with Crippen molar-refractivity contribution >= 4 is 21.6 Å². The number of hydrogen-bond acceptors (Lipinski definition) is 4. The van der Waals surface area contributed by atoms with E-state index in [2.05, 4.69) is 47.9 Å². The molecule has 2 aromatic carbocycles. The van der Waals surface area contributed by atoms with Gasteiger partial charge in [-0.05, 0) is 29.7 Å². The molecule has 106 valence electrons. The summed E-state index contributed by atoms with van der Waals surface area (Å²) in [6.45, 7) is 0. The largest absolute Gasteiger partial charge is 0.271 e. The Morgan fingerprint density at radius 3 is 2.81 bits per heavy atom. The molecule has 0 saturated heterocycles. The number of nitrogens with zero attached hydrogens (tertiary/aromatic N) is 1. The van der Waals surface area contributed by atoms with Crippen LogP contribution in [0.3, 0.4) is 0 Å². The van der Waals surface area contributed by atoms with Crippen LogP contribution in [-0.4, -0.2) is 11.0 Å². The lowest BCUT2D eigenvalue weighted by Gasteiger charge is -2.36. The highest BCUT2D eigenvalue weighted by Crippen LogP contribution is 2.38. The molecule has 0 aliphatic heterocycles. The van der Waals surface area contributed by atoms with Crippen molar-refractivity contribution in [1.29, 1.82) is 0 Å². The quantitative estimate of drug-likeness (QED) is 0.574. The third kappa shape index (κ3) is 2.25. The molecule has 1 aromatic heterocycles. The van der Waals surface area contributed by atoms with Gasteiger partial charge in [-0.3, -0.25) is 11.3 Å². The Bertz CT molecular complexity index is 747. The molecule has 3 nitrogen and oxygen atoms in total. The third-order valence-corrected chi connectivity index (χ3v) is 5.39. The van der Waals surface area contributed by atoms with E-state index in [-0.39, 0.29) is 6.04 Å². The molecular formula is C17H17N3S. The van der Waals surface area contributed by atoms with Crippen LogP contribution in [0.1, 0.15) is 22.1 Å². The second-order valence-electron chi connectivity index (χ2n) is 5.56. The number of fused-ring (bicyclic) bond motifs is 2. The van der Waals surface area contributed by atoms with Crippen molar-refractivity contribution in [2.24, 2.45) is 5.84 Å². The summed E-state index contributed by atoms with van der Waals surface area (Å²) in [5, 5.41) is 1.16. The summed E-state index contributed by atoms with van der Waals surface area (Å²) in [7, 11) is 0. The van der Waals surface area contributed by atoms with Crippen molar-refractivity contribution < 1.29 is 0 Å². The Kier molecular flexibility index (Phi) is 3.22. The number of hydrazine groups is 1. The van der Waals surface area contributed by atoms with Gasteiger partial charge in [-0.15, -0.1) is 11.3 Å². The number of nitrogens with one attached hydrogen (secondary N) is 1. The molecule has 0 amide bonds. The SMILES string of the molecule is NNC(Cc1nc2ccccc2s1)C1Cc2ccccc21. The lowest BCUT2D eigenvalue weighted by atomic mass is 9.73. The van der Waals surface area contributed by atoms with Gasteiger partial charge in [0.1, 0.15) is 0 Å². The molecule has 0 saturated carbocycles. The van der Waals surface area contributed by atoms with Gasteiger partial charge in [0.05, 0.1) is 15.2 Å². The van der Waals surface area contributed by atoms with E-state index < -0.39 is 0 Å². The number of para-hydroxylation sites is 1. The van der Waals surface area contributed by atoms with Crippen LogP contribution in [-0.2, 0) is 12.8 Å². The zero-order valence-corrected chi connectivity index (χ0v) is 12.4. The fourth-order valence-electron chi connectivity index (χ4n) is 3.17. The second-order valence-corrected chi connectivity index (χ2v) is 6.68. The van der Waals surface area contributed by atoms with Crippen molar-refractivity contribution in [1.82, 2.24) is 10.4 Å². The molecule has 21 heavy (non-hydrogen) atoms. The summed E-state index contributed by atoms with van der Waals surface area (Å²) >= 11 is 1.77. The lowest BCUT2D eigenvalue weighted by molar-refractivity contribution is 0.404. The van der Waals surface area contributed by atoms with Crippen LogP contribution in [0.25, 0.3) is 10.2 Å². The maximum atomic E-state index is 5.81. The number of rotatable bonds is 4. The fourth-order valence-corrected chi connectivity index (χ4v) is 4.19. The van der Waals surface area contributed by atoms with Crippen LogP contribution >= 0.6 is 11.3 Å². The molecule has 2 atom stereocenters. The van der Waals surface area contributed by atoms with E-state index >= 15 is 0 Å². The summed E-state index contributed by atoms with van der Waals surface area (Å²) in [6.07, 6.45) is 1.99. The molecule has 1 heterocycles. The summed E-state index contributed by atoms with van der Waals surface area (Å²) in [5.74, 6) is 6.31. The van der Waals surface area contributed by atoms with Crippen molar-refractivity contribution in [2.75, 3.05) is 0 Å². The van der Waals surface area contributed by atoms with Gasteiger partial charge < -0.3 is 0 Å². The predicted molar refractivity (Wildman–Crippen MR) is 87.3 cm³/mol. The van der Waals surface area contributed by atoms with Crippen LogP contribution in [0, 0.1) is 0 Å². The summed E-state index contributed by atoms with van der Waals surface area (Å²) in [5.41, 5.74) is 6.97. The van der Waals surface area contributed by atoms with Gasteiger partial charge in [0, 0.05) is 18.4 Å². The van der Waals surface area contributed by atoms with E-state index in [1.54, 1.807) is 11.3 Å². The molecule has 0 bridgehead atoms.